The highest BCUT2D eigenvalue weighted by molar-refractivity contribution is 5.74. The molecule has 1 rings (SSSR count). The summed E-state index contributed by atoms with van der Waals surface area (Å²) in [5.74, 6) is -0.218. The topological polar surface area (TPSA) is 87.7 Å². The SMILES string of the molecule is CCC(CC1CC1)NC(=O)NCCOCC(=O)O. The van der Waals surface area contributed by atoms with Crippen molar-refractivity contribution in [2.75, 3.05) is 19.8 Å². The van der Waals surface area contributed by atoms with Gasteiger partial charge in [0.25, 0.3) is 0 Å². The van der Waals surface area contributed by atoms with Gasteiger partial charge in [-0.25, -0.2) is 9.59 Å². The number of hydrogen-bond donors (Lipinski definition) is 3. The molecule has 6 nitrogen and oxygen atoms in total. The van der Waals surface area contributed by atoms with E-state index in [0.717, 1.165) is 18.8 Å². The summed E-state index contributed by atoms with van der Waals surface area (Å²) < 4.78 is 4.81. The lowest BCUT2D eigenvalue weighted by atomic mass is 10.1. The maximum absolute atomic E-state index is 11.5. The van der Waals surface area contributed by atoms with Crippen LogP contribution in [-0.2, 0) is 9.53 Å². The summed E-state index contributed by atoms with van der Waals surface area (Å²) in [7, 11) is 0. The Hall–Kier alpha value is -1.30. The van der Waals surface area contributed by atoms with E-state index in [-0.39, 0.29) is 25.3 Å². The number of hydrogen-bond acceptors (Lipinski definition) is 3. The van der Waals surface area contributed by atoms with Crippen LogP contribution < -0.4 is 10.6 Å². The van der Waals surface area contributed by atoms with Crippen LogP contribution in [0.25, 0.3) is 0 Å². The number of ether oxygens (including phenoxy) is 1. The van der Waals surface area contributed by atoms with E-state index >= 15 is 0 Å². The van der Waals surface area contributed by atoms with E-state index in [1.807, 2.05) is 0 Å². The summed E-state index contributed by atoms with van der Waals surface area (Å²) in [6.07, 6.45) is 4.55. The zero-order valence-corrected chi connectivity index (χ0v) is 10.8. The molecule has 2 amide bonds. The second-order valence-corrected chi connectivity index (χ2v) is 4.63. The second-order valence-electron chi connectivity index (χ2n) is 4.63. The van der Waals surface area contributed by atoms with E-state index in [1.54, 1.807) is 0 Å². The van der Waals surface area contributed by atoms with Crippen molar-refractivity contribution in [1.29, 1.82) is 0 Å². The Balaban J connectivity index is 2.02. The summed E-state index contributed by atoms with van der Waals surface area (Å²) in [6.45, 7) is 2.25. The molecule has 0 aromatic heterocycles. The molecule has 0 aliphatic heterocycles. The maximum Gasteiger partial charge on any atom is 0.329 e. The van der Waals surface area contributed by atoms with Gasteiger partial charge < -0.3 is 20.5 Å². The third kappa shape index (κ3) is 7.11. The molecular weight excluding hydrogens is 236 g/mol. The first kappa shape index (κ1) is 14.8. The van der Waals surface area contributed by atoms with Crippen LogP contribution >= 0.6 is 0 Å². The quantitative estimate of drug-likeness (QED) is 0.538. The van der Waals surface area contributed by atoms with Gasteiger partial charge in [-0.05, 0) is 18.8 Å². The number of carbonyl (C=O) groups excluding carboxylic acids is 1. The molecule has 0 bridgehead atoms. The van der Waals surface area contributed by atoms with Gasteiger partial charge in [-0.2, -0.15) is 0 Å². The fourth-order valence-electron chi connectivity index (χ4n) is 1.72. The standard InChI is InChI=1S/C12H22N2O4/c1-2-10(7-9-3-4-9)14-12(17)13-5-6-18-8-11(15)16/h9-10H,2-8H2,1H3,(H,15,16)(H2,13,14,17). The van der Waals surface area contributed by atoms with Crippen LogP contribution in [0.1, 0.15) is 32.6 Å². The summed E-state index contributed by atoms with van der Waals surface area (Å²) in [5.41, 5.74) is 0. The van der Waals surface area contributed by atoms with Crippen molar-refractivity contribution < 1.29 is 19.4 Å². The molecule has 0 aromatic rings. The first-order valence-corrected chi connectivity index (χ1v) is 6.45. The molecule has 104 valence electrons. The lowest BCUT2D eigenvalue weighted by Crippen LogP contribution is -2.43. The normalized spacial score (nSPS) is 16.1. The highest BCUT2D eigenvalue weighted by atomic mass is 16.5. The summed E-state index contributed by atoms with van der Waals surface area (Å²) in [5, 5.41) is 13.9. The Kier molecular flexibility index (Phi) is 6.49. The minimum atomic E-state index is -1.00. The molecule has 0 spiro atoms. The largest absolute Gasteiger partial charge is 0.480 e. The van der Waals surface area contributed by atoms with Crippen LogP contribution in [0.2, 0.25) is 0 Å². The molecule has 0 saturated heterocycles. The number of urea groups is 1. The van der Waals surface area contributed by atoms with Gasteiger partial charge in [0.05, 0.1) is 6.61 Å². The van der Waals surface area contributed by atoms with Crippen molar-refractivity contribution in [3.05, 3.63) is 0 Å². The molecule has 1 aliphatic rings. The zero-order chi connectivity index (χ0) is 13.4. The molecule has 1 unspecified atom stereocenters. The van der Waals surface area contributed by atoms with Crippen LogP contribution in [0, 0.1) is 5.92 Å². The highest BCUT2D eigenvalue weighted by Gasteiger charge is 2.25. The van der Waals surface area contributed by atoms with E-state index < -0.39 is 5.97 Å². The molecule has 18 heavy (non-hydrogen) atoms. The molecule has 0 heterocycles. The van der Waals surface area contributed by atoms with Crippen molar-refractivity contribution >= 4 is 12.0 Å². The zero-order valence-electron chi connectivity index (χ0n) is 10.8. The third-order valence-electron chi connectivity index (χ3n) is 2.90. The third-order valence-corrected chi connectivity index (χ3v) is 2.90. The van der Waals surface area contributed by atoms with Crippen molar-refractivity contribution in [2.45, 2.75) is 38.6 Å². The Labute approximate surface area is 107 Å². The van der Waals surface area contributed by atoms with Gasteiger partial charge in [0.15, 0.2) is 0 Å². The number of rotatable bonds is 9. The Bertz CT molecular complexity index is 279. The molecule has 0 radical (unpaired) electrons. The molecule has 1 saturated carbocycles. The van der Waals surface area contributed by atoms with Gasteiger partial charge in [0.2, 0.25) is 0 Å². The fraction of sp³-hybridized carbons (Fsp3) is 0.833. The van der Waals surface area contributed by atoms with Gasteiger partial charge in [0, 0.05) is 12.6 Å². The van der Waals surface area contributed by atoms with Gasteiger partial charge >= 0.3 is 12.0 Å². The second kappa shape index (κ2) is 7.92. The smallest absolute Gasteiger partial charge is 0.329 e. The highest BCUT2D eigenvalue weighted by Crippen LogP contribution is 2.33. The Morgan fingerprint density at radius 2 is 2.17 bits per heavy atom. The van der Waals surface area contributed by atoms with Crippen LogP contribution in [0.15, 0.2) is 0 Å². The van der Waals surface area contributed by atoms with Crippen molar-refractivity contribution in [1.82, 2.24) is 10.6 Å². The average Bonchev–Trinajstić information content (AvgIpc) is 3.11. The van der Waals surface area contributed by atoms with Crippen molar-refractivity contribution in [3.63, 3.8) is 0 Å². The molecule has 1 fully saturated rings. The predicted molar refractivity (Wildman–Crippen MR) is 66.4 cm³/mol. The first-order chi connectivity index (χ1) is 8.61. The summed E-state index contributed by atoms with van der Waals surface area (Å²) in [6, 6.07) is 0.0267. The van der Waals surface area contributed by atoms with Crippen LogP contribution in [0.3, 0.4) is 0 Å². The van der Waals surface area contributed by atoms with Gasteiger partial charge in [0.1, 0.15) is 6.61 Å². The van der Waals surface area contributed by atoms with E-state index in [1.165, 1.54) is 12.8 Å². The Morgan fingerprint density at radius 1 is 1.44 bits per heavy atom. The van der Waals surface area contributed by atoms with Crippen molar-refractivity contribution in [2.24, 2.45) is 5.92 Å². The molecule has 0 aromatic carbocycles. The van der Waals surface area contributed by atoms with E-state index in [4.69, 9.17) is 9.84 Å². The van der Waals surface area contributed by atoms with Gasteiger partial charge in [-0.15, -0.1) is 0 Å². The van der Waals surface area contributed by atoms with Gasteiger partial charge in [-0.1, -0.05) is 19.8 Å². The molecule has 1 aliphatic carbocycles. The molecule has 6 heteroatoms. The minimum absolute atomic E-state index is 0.207. The number of carbonyl (C=O) groups is 2. The maximum atomic E-state index is 11.5. The van der Waals surface area contributed by atoms with Crippen LogP contribution in [0.4, 0.5) is 4.79 Å². The lowest BCUT2D eigenvalue weighted by Gasteiger charge is -2.17. The first-order valence-electron chi connectivity index (χ1n) is 6.45. The molecule has 1 atom stereocenters. The van der Waals surface area contributed by atoms with E-state index in [0.29, 0.717) is 6.54 Å². The molecular formula is C12H22N2O4. The Morgan fingerprint density at radius 3 is 2.72 bits per heavy atom. The summed E-state index contributed by atoms with van der Waals surface area (Å²) >= 11 is 0. The summed E-state index contributed by atoms with van der Waals surface area (Å²) in [4.78, 5) is 21.7. The lowest BCUT2D eigenvalue weighted by molar-refractivity contribution is -0.142. The fourth-order valence-corrected chi connectivity index (χ4v) is 1.72. The number of aliphatic carboxylic acids is 1. The van der Waals surface area contributed by atoms with Gasteiger partial charge in [-0.3, -0.25) is 0 Å². The minimum Gasteiger partial charge on any atom is -0.480 e. The number of carboxylic acids is 1. The van der Waals surface area contributed by atoms with Crippen LogP contribution in [-0.4, -0.2) is 42.9 Å². The monoisotopic (exact) mass is 258 g/mol. The predicted octanol–water partition coefficient (Wildman–Crippen LogP) is 0.965. The number of carboxylic acid groups (broad SMARTS) is 1. The van der Waals surface area contributed by atoms with Crippen LogP contribution in [0.5, 0.6) is 0 Å². The average molecular weight is 258 g/mol. The van der Waals surface area contributed by atoms with E-state index in [9.17, 15) is 9.59 Å². The van der Waals surface area contributed by atoms with Crippen molar-refractivity contribution in [3.8, 4) is 0 Å². The van der Waals surface area contributed by atoms with E-state index in [2.05, 4.69) is 17.6 Å². The number of amides is 2. The number of nitrogens with one attached hydrogen (secondary N) is 2. The molecule has 3 N–H and O–H groups in total.